The van der Waals surface area contributed by atoms with Crippen molar-refractivity contribution >= 4 is 17.3 Å². The van der Waals surface area contributed by atoms with E-state index in [1.54, 1.807) is 48.5 Å². The predicted octanol–water partition coefficient (Wildman–Crippen LogP) is 5.86. The fourth-order valence-electron chi connectivity index (χ4n) is 2.95. The van der Waals surface area contributed by atoms with E-state index in [0.29, 0.717) is 17.5 Å². The molecule has 0 unspecified atom stereocenters. The summed E-state index contributed by atoms with van der Waals surface area (Å²) in [6.07, 6.45) is 0.477. The summed E-state index contributed by atoms with van der Waals surface area (Å²) in [5.74, 6) is -0.764. The van der Waals surface area contributed by atoms with E-state index < -0.39 is 11.6 Å². The summed E-state index contributed by atoms with van der Waals surface area (Å²) in [4.78, 5) is 35.4. The lowest BCUT2D eigenvalue weighted by molar-refractivity contribution is 0.0817. The largest absolute Gasteiger partial charge is 0.294 e. The summed E-state index contributed by atoms with van der Waals surface area (Å²) in [5, 5.41) is 0. The normalized spacial score (nSPS) is 9.81. The van der Waals surface area contributed by atoms with Crippen molar-refractivity contribution in [2.45, 2.75) is 6.42 Å². The molecule has 0 aliphatic rings. The molecule has 0 fully saturated rings. The number of hydrogen-bond donors (Lipinski definition) is 0. The maximum Gasteiger partial charge on any atom is 0.233 e. The van der Waals surface area contributed by atoms with Crippen molar-refractivity contribution < 1.29 is 14.4 Å². The molecular formula is C28H22O3. The van der Waals surface area contributed by atoms with Crippen molar-refractivity contribution in [3.8, 4) is 0 Å². The molecule has 4 aromatic rings. The number of rotatable bonds is 6. The smallest absolute Gasteiger partial charge is 0.233 e. The van der Waals surface area contributed by atoms with Crippen molar-refractivity contribution in [3.05, 3.63) is 144 Å². The van der Waals surface area contributed by atoms with Crippen LogP contribution < -0.4 is 0 Å². The average Bonchev–Trinajstić information content (AvgIpc) is 2.86. The highest BCUT2D eigenvalue weighted by atomic mass is 16.2. The van der Waals surface area contributed by atoms with Gasteiger partial charge in [0.1, 0.15) is 0 Å². The van der Waals surface area contributed by atoms with Crippen LogP contribution in [-0.4, -0.2) is 17.3 Å². The Hall–Kier alpha value is -4.11. The van der Waals surface area contributed by atoms with Crippen LogP contribution in [0.4, 0.5) is 0 Å². The lowest BCUT2D eigenvalue weighted by Crippen LogP contribution is -2.14. The quantitative estimate of drug-likeness (QED) is 0.297. The second kappa shape index (κ2) is 11.2. The molecule has 0 radical (unpaired) electrons. The third-order valence-corrected chi connectivity index (χ3v) is 4.58. The van der Waals surface area contributed by atoms with Gasteiger partial charge in [-0.3, -0.25) is 14.4 Å². The molecule has 0 spiro atoms. The molecule has 4 rings (SSSR count). The summed E-state index contributed by atoms with van der Waals surface area (Å²) < 4.78 is 0. The Balaban J connectivity index is 0.000000176. The molecule has 4 aromatic carbocycles. The third kappa shape index (κ3) is 6.44. The maximum absolute atomic E-state index is 11.8. The van der Waals surface area contributed by atoms with E-state index in [1.807, 2.05) is 72.8 Å². The highest BCUT2D eigenvalue weighted by Gasteiger charge is 2.17. The predicted molar refractivity (Wildman–Crippen MR) is 122 cm³/mol. The highest BCUT2D eigenvalue weighted by Crippen LogP contribution is 2.08. The lowest BCUT2D eigenvalue weighted by Gasteiger charge is -2.00. The van der Waals surface area contributed by atoms with Crippen molar-refractivity contribution in [1.29, 1.82) is 0 Å². The molecule has 0 heterocycles. The Labute approximate surface area is 182 Å². The van der Waals surface area contributed by atoms with Crippen LogP contribution in [0.5, 0.6) is 0 Å². The Morgan fingerprint density at radius 3 is 1.13 bits per heavy atom. The standard InChI is InChI=1S/C14H10O2.C14H12O/c15-13(11-7-3-1-4-8-11)14(16)12-9-5-2-6-10-12;15-14(13-9-5-2-6-10-13)11-12-7-3-1-4-8-12/h1-10H;1-10H,11H2. The first-order valence-electron chi connectivity index (χ1n) is 9.96. The van der Waals surface area contributed by atoms with Crippen LogP contribution in [0.2, 0.25) is 0 Å². The van der Waals surface area contributed by atoms with Gasteiger partial charge in [0.25, 0.3) is 0 Å². The van der Waals surface area contributed by atoms with E-state index in [1.165, 1.54) is 0 Å². The van der Waals surface area contributed by atoms with Gasteiger partial charge < -0.3 is 0 Å². The van der Waals surface area contributed by atoms with Gasteiger partial charge in [0.15, 0.2) is 5.78 Å². The number of ketones is 3. The van der Waals surface area contributed by atoms with Crippen LogP contribution in [0.3, 0.4) is 0 Å². The minimum atomic E-state index is -0.466. The van der Waals surface area contributed by atoms with Crippen LogP contribution in [0.25, 0.3) is 0 Å². The van der Waals surface area contributed by atoms with E-state index >= 15 is 0 Å². The Morgan fingerprint density at radius 1 is 0.419 bits per heavy atom. The van der Waals surface area contributed by atoms with Gasteiger partial charge >= 0.3 is 0 Å². The summed E-state index contributed by atoms with van der Waals surface area (Å²) in [5.41, 5.74) is 2.69. The number of benzene rings is 4. The van der Waals surface area contributed by atoms with Gasteiger partial charge in [-0.2, -0.15) is 0 Å². The first kappa shape index (κ1) is 21.6. The summed E-state index contributed by atoms with van der Waals surface area (Å²) in [6, 6.07) is 36.4. The van der Waals surface area contributed by atoms with Gasteiger partial charge in [-0.25, -0.2) is 0 Å². The SMILES string of the molecule is O=C(C(=O)c1ccccc1)c1ccccc1.O=C(Cc1ccccc1)c1ccccc1. The lowest BCUT2D eigenvalue weighted by atomic mass is 10.0. The van der Waals surface area contributed by atoms with Crippen molar-refractivity contribution in [2.24, 2.45) is 0 Å². The molecule has 0 bridgehead atoms. The minimum absolute atomic E-state index is 0.168. The fourth-order valence-corrected chi connectivity index (χ4v) is 2.95. The Bertz CT molecular complexity index is 1070. The highest BCUT2D eigenvalue weighted by molar-refractivity contribution is 6.49. The zero-order valence-electron chi connectivity index (χ0n) is 17.0. The molecule has 0 saturated carbocycles. The fraction of sp³-hybridized carbons (Fsp3) is 0.0357. The molecular weight excluding hydrogens is 384 g/mol. The Kier molecular flexibility index (Phi) is 7.78. The van der Waals surface area contributed by atoms with Crippen molar-refractivity contribution in [3.63, 3.8) is 0 Å². The zero-order chi connectivity index (χ0) is 21.9. The second-order valence-corrected chi connectivity index (χ2v) is 6.84. The molecule has 0 atom stereocenters. The van der Waals surface area contributed by atoms with Gasteiger partial charge in [0, 0.05) is 23.1 Å². The van der Waals surface area contributed by atoms with E-state index in [9.17, 15) is 14.4 Å². The van der Waals surface area contributed by atoms with Crippen molar-refractivity contribution in [1.82, 2.24) is 0 Å². The Morgan fingerprint density at radius 2 is 0.742 bits per heavy atom. The van der Waals surface area contributed by atoms with E-state index in [0.717, 1.165) is 11.1 Å². The topological polar surface area (TPSA) is 51.2 Å². The monoisotopic (exact) mass is 406 g/mol. The molecule has 3 heteroatoms. The molecule has 0 saturated heterocycles. The van der Waals surface area contributed by atoms with Crippen LogP contribution in [0.1, 0.15) is 36.6 Å². The molecule has 152 valence electrons. The molecule has 0 aliphatic carbocycles. The average molecular weight is 406 g/mol. The third-order valence-electron chi connectivity index (χ3n) is 4.58. The zero-order valence-corrected chi connectivity index (χ0v) is 17.0. The van der Waals surface area contributed by atoms with Crippen LogP contribution in [-0.2, 0) is 6.42 Å². The summed E-state index contributed by atoms with van der Waals surface area (Å²) in [7, 11) is 0. The first-order valence-corrected chi connectivity index (χ1v) is 9.96. The molecule has 0 N–H and O–H groups in total. The second-order valence-electron chi connectivity index (χ2n) is 6.84. The molecule has 0 aliphatic heterocycles. The van der Waals surface area contributed by atoms with E-state index in [2.05, 4.69) is 0 Å². The number of Topliss-reactive ketones (excluding diaryl/α,β-unsaturated/α-hetero) is 3. The molecule has 0 amide bonds. The van der Waals surface area contributed by atoms with Gasteiger partial charge in [-0.05, 0) is 5.56 Å². The van der Waals surface area contributed by atoms with Gasteiger partial charge in [-0.1, -0.05) is 121 Å². The van der Waals surface area contributed by atoms with Gasteiger partial charge in [-0.15, -0.1) is 0 Å². The molecule has 0 aromatic heterocycles. The number of carbonyl (C=O) groups is 3. The van der Waals surface area contributed by atoms with Gasteiger partial charge in [0.05, 0.1) is 0 Å². The molecule has 31 heavy (non-hydrogen) atoms. The summed E-state index contributed by atoms with van der Waals surface area (Å²) >= 11 is 0. The summed E-state index contributed by atoms with van der Waals surface area (Å²) in [6.45, 7) is 0. The van der Waals surface area contributed by atoms with E-state index in [4.69, 9.17) is 0 Å². The number of carbonyl (C=O) groups excluding carboxylic acids is 3. The first-order chi connectivity index (χ1) is 15.1. The van der Waals surface area contributed by atoms with Gasteiger partial charge in [0.2, 0.25) is 11.6 Å². The van der Waals surface area contributed by atoms with Crippen molar-refractivity contribution in [2.75, 3.05) is 0 Å². The van der Waals surface area contributed by atoms with Crippen LogP contribution in [0.15, 0.2) is 121 Å². The minimum Gasteiger partial charge on any atom is -0.294 e. The number of hydrogen-bond acceptors (Lipinski definition) is 3. The van der Waals surface area contributed by atoms with E-state index in [-0.39, 0.29) is 5.78 Å². The van der Waals surface area contributed by atoms with Crippen LogP contribution >= 0.6 is 0 Å². The molecule has 3 nitrogen and oxygen atoms in total. The maximum atomic E-state index is 11.8. The van der Waals surface area contributed by atoms with Crippen LogP contribution in [0, 0.1) is 0 Å².